The lowest BCUT2D eigenvalue weighted by atomic mass is 10.1. The maximum Gasteiger partial charge on any atom is 0.493 e. The van der Waals surface area contributed by atoms with Gasteiger partial charge in [0.25, 0.3) is 0 Å². The fourth-order valence-corrected chi connectivity index (χ4v) is 10.4. The Morgan fingerprint density at radius 3 is 2.42 bits per heavy atom. The molecule has 0 fully saturated rings. The minimum absolute atomic E-state index is 0.0309. The molecule has 0 aliphatic heterocycles. The highest BCUT2D eigenvalue weighted by Crippen LogP contribution is 2.63. The van der Waals surface area contributed by atoms with Gasteiger partial charge in [-0.15, -0.1) is 0 Å². The van der Waals surface area contributed by atoms with Crippen LogP contribution in [0.5, 0.6) is 11.5 Å². The summed E-state index contributed by atoms with van der Waals surface area (Å²) >= 11 is 18.6. The van der Waals surface area contributed by atoms with Crippen LogP contribution < -0.4 is 9.05 Å². The number of halogens is 3. The molecule has 40 heavy (non-hydrogen) atoms. The SMILES string of the molecule is CCCCCC[S+]([O-])c1cccc2nc3ccc(OP(=O)(Oc4c(Cl)cc(Cl)cc4Cl)SC(C)CC)cc3cc12. The van der Waals surface area contributed by atoms with Crippen molar-refractivity contribution in [3.05, 3.63) is 69.7 Å². The fraction of sp³-hybridized carbons (Fsp3) is 0.345. The number of nitrogens with zero attached hydrogens (tertiary/aromatic N) is 1. The van der Waals surface area contributed by atoms with Gasteiger partial charge in [-0.3, -0.25) is 0 Å². The van der Waals surface area contributed by atoms with Crippen molar-refractivity contribution in [1.82, 2.24) is 4.98 Å². The molecule has 0 spiro atoms. The molecule has 0 amide bonds. The van der Waals surface area contributed by atoms with E-state index >= 15 is 0 Å². The predicted octanol–water partition coefficient (Wildman–Crippen LogP) is 11.1. The Balaban J connectivity index is 1.68. The highest BCUT2D eigenvalue weighted by Gasteiger charge is 2.34. The molecule has 4 rings (SSSR count). The largest absolute Gasteiger partial charge is 0.611 e. The molecule has 0 radical (unpaired) electrons. The quantitative estimate of drug-likeness (QED) is 0.0616. The second-order valence-corrected chi connectivity index (χ2v) is 16.5. The van der Waals surface area contributed by atoms with E-state index in [1.165, 1.54) is 12.1 Å². The molecule has 0 aliphatic rings. The van der Waals surface area contributed by atoms with Gasteiger partial charge in [-0.05, 0) is 90.4 Å². The summed E-state index contributed by atoms with van der Waals surface area (Å²) in [5.41, 5.74) is 1.51. The van der Waals surface area contributed by atoms with Crippen molar-refractivity contribution in [2.75, 3.05) is 5.75 Å². The monoisotopic (exact) mass is 657 g/mol. The van der Waals surface area contributed by atoms with Crippen LogP contribution in [0.1, 0.15) is 52.9 Å². The number of rotatable bonds is 13. The van der Waals surface area contributed by atoms with Crippen LogP contribution >= 0.6 is 53.0 Å². The lowest BCUT2D eigenvalue weighted by Gasteiger charge is -2.22. The van der Waals surface area contributed by atoms with Crippen LogP contribution in [0.4, 0.5) is 0 Å². The Labute approximate surface area is 257 Å². The first-order chi connectivity index (χ1) is 19.1. The number of pyridine rings is 1. The highest BCUT2D eigenvalue weighted by atomic mass is 35.5. The number of aromatic nitrogens is 1. The molecule has 3 atom stereocenters. The summed E-state index contributed by atoms with van der Waals surface area (Å²) in [4.78, 5) is 5.55. The van der Waals surface area contributed by atoms with Crippen LogP contribution in [-0.2, 0) is 15.7 Å². The Bertz CT molecular complexity index is 1520. The van der Waals surface area contributed by atoms with Gasteiger partial charge in [-0.25, -0.2) is 9.55 Å². The summed E-state index contributed by atoms with van der Waals surface area (Å²) in [6, 6.07) is 15.9. The van der Waals surface area contributed by atoms with Gasteiger partial charge in [0, 0.05) is 15.7 Å². The van der Waals surface area contributed by atoms with E-state index in [2.05, 4.69) is 6.92 Å². The number of fused-ring (bicyclic) bond motifs is 2. The standard InChI is InChI=1S/C29H31Cl3NO4PS2/c1-4-6-7-8-14-40(35)28-11-9-10-27-23(28)16-20-15-22(12-13-26(20)33-27)36-38(34,39-19(3)5-2)37-29-24(31)17-21(30)18-25(29)32/h9-13,15-19H,4-8,14H2,1-3H3. The van der Waals surface area contributed by atoms with Crippen molar-refractivity contribution >= 4 is 86.0 Å². The van der Waals surface area contributed by atoms with Gasteiger partial charge < -0.3 is 13.6 Å². The number of unbranched alkanes of at least 4 members (excludes halogenated alkanes) is 3. The third-order valence-corrected chi connectivity index (χ3v) is 12.7. The van der Waals surface area contributed by atoms with Gasteiger partial charge in [0.05, 0.1) is 26.5 Å². The summed E-state index contributed by atoms with van der Waals surface area (Å²) < 4.78 is 39.2. The molecule has 0 aliphatic carbocycles. The van der Waals surface area contributed by atoms with Crippen LogP contribution in [0.15, 0.2) is 59.5 Å². The average Bonchev–Trinajstić information content (AvgIpc) is 2.91. The first-order valence-corrected chi connectivity index (χ1v) is 18.6. The molecule has 1 heterocycles. The van der Waals surface area contributed by atoms with Gasteiger partial charge in [-0.1, -0.05) is 74.5 Å². The number of hydrogen-bond donors (Lipinski definition) is 0. The zero-order valence-electron chi connectivity index (χ0n) is 22.5. The Morgan fingerprint density at radius 2 is 1.73 bits per heavy atom. The molecule has 3 aromatic carbocycles. The van der Waals surface area contributed by atoms with E-state index in [4.69, 9.17) is 48.8 Å². The second-order valence-electron chi connectivity index (χ2n) is 9.43. The van der Waals surface area contributed by atoms with Crippen LogP contribution in [-0.4, -0.2) is 20.5 Å². The topological polar surface area (TPSA) is 71.5 Å². The van der Waals surface area contributed by atoms with E-state index < -0.39 is 18.0 Å². The van der Waals surface area contributed by atoms with E-state index in [0.717, 1.165) is 70.2 Å². The van der Waals surface area contributed by atoms with Gasteiger partial charge in [0.15, 0.2) is 10.6 Å². The van der Waals surface area contributed by atoms with Crippen LogP contribution in [0, 0.1) is 0 Å². The lowest BCUT2D eigenvalue weighted by Crippen LogP contribution is -2.07. The van der Waals surface area contributed by atoms with Crippen molar-refractivity contribution in [3.63, 3.8) is 0 Å². The van der Waals surface area contributed by atoms with Crippen LogP contribution in [0.2, 0.25) is 15.1 Å². The zero-order chi connectivity index (χ0) is 28.9. The Morgan fingerprint density at radius 1 is 0.975 bits per heavy atom. The molecule has 0 N–H and O–H groups in total. The summed E-state index contributed by atoms with van der Waals surface area (Å²) in [5, 5.41) is 2.17. The third kappa shape index (κ3) is 7.95. The molecule has 214 valence electrons. The van der Waals surface area contributed by atoms with Crippen LogP contribution in [0.3, 0.4) is 0 Å². The van der Waals surface area contributed by atoms with E-state index in [1.54, 1.807) is 18.2 Å². The van der Waals surface area contributed by atoms with Gasteiger partial charge >= 0.3 is 6.80 Å². The minimum atomic E-state index is -3.84. The fourth-order valence-electron chi connectivity index (χ4n) is 4.05. The normalized spacial score (nSPS) is 14.7. The van der Waals surface area contributed by atoms with Gasteiger partial charge in [0.1, 0.15) is 11.5 Å². The average molecular weight is 659 g/mol. The van der Waals surface area contributed by atoms with Crippen molar-refractivity contribution in [1.29, 1.82) is 0 Å². The van der Waals surface area contributed by atoms with Gasteiger partial charge in [0.2, 0.25) is 0 Å². The Kier molecular flexibility index (Phi) is 11.3. The van der Waals surface area contributed by atoms with Crippen molar-refractivity contribution in [2.24, 2.45) is 0 Å². The number of hydrogen-bond acceptors (Lipinski definition) is 6. The van der Waals surface area contributed by atoms with E-state index in [0.29, 0.717) is 16.5 Å². The molecule has 0 saturated carbocycles. The van der Waals surface area contributed by atoms with Crippen molar-refractivity contribution < 1.29 is 18.2 Å². The molecular weight excluding hydrogens is 628 g/mol. The molecule has 1 aromatic heterocycles. The summed E-state index contributed by atoms with van der Waals surface area (Å²) in [7, 11) is 0. The van der Waals surface area contributed by atoms with E-state index in [1.807, 2.05) is 38.1 Å². The number of benzene rings is 3. The zero-order valence-corrected chi connectivity index (χ0v) is 27.3. The minimum Gasteiger partial charge on any atom is -0.611 e. The summed E-state index contributed by atoms with van der Waals surface area (Å²) in [5.74, 6) is 1.00. The van der Waals surface area contributed by atoms with Crippen molar-refractivity contribution in [3.8, 4) is 11.5 Å². The highest BCUT2D eigenvalue weighted by molar-refractivity contribution is 8.55. The Hall–Kier alpha value is -1.31. The van der Waals surface area contributed by atoms with Crippen LogP contribution in [0.25, 0.3) is 21.8 Å². The molecule has 11 heteroatoms. The van der Waals surface area contributed by atoms with Gasteiger partial charge in [-0.2, -0.15) is 0 Å². The van der Waals surface area contributed by atoms with E-state index in [-0.39, 0.29) is 21.0 Å². The molecule has 5 nitrogen and oxygen atoms in total. The van der Waals surface area contributed by atoms with E-state index in [9.17, 15) is 9.12 Å². The smallest absolute Gasteiger partial charge is 0.493 e. The maximum absolute atomic E-state index is 14.1. The molecule has 3 unspecified atom stereocenters. The first kappa shape index (κ1) is 31.6. The predicted molar refractivity (Wildman–Crippen MR) is 172 cm³/mol. The first-order valence-electron chi connectivity index (χ1n) is 13.2. The third-order valence-electron chi connectivity index (χ3n) is 6.28. The maximum atomic E-state index is 14.1. The summed E-state index contributed by atoms with van der Waals surface area (Å²) in [6.45, 7) is 2.25. The molecule has 0 saturated heterocycles. The molecular formula is C29H31Cl3NO4PS2. The van der Waals surface area contributed by atoms with Crippen molar-refractivity contribution in [2.45, 2.75) is 63.0 Å². The lowest BCUT2D eigenvalue weighted by molar-refractivity contribution is 0.408. The second kappa shape index (κ2) is 14.2. The molecule has 4 aromatic rings. The molecule has 0 bridgehead atoms. The summed E-state index contributed by atoms with van der Waals surface area (Å²) in [6.07, 6.45) is 5.00.